The Morgan fingerprint density at radius 3 is 2.54 bits per heavy atom. The van der Waals surface area contributed by atoms with Crippen molar-refractivity contribution in [3.63, 3.8) is 0 Å². The molecule has 2 unspecified atom stereocenters. The standard InChI is InChI=1S/C16H24N2O8S2/c1-3-26-15-5-4-12(17-11(2)20)8-16(15)28(24,25)18(6-7-19)13-9-27(22,23)10-14(13)21/h4-5,8,13-14,19,21H,3,6-7,9-10H2,1-2H3,(H,17,20). The van der Waals surface area contributed by atoms with Crippen LogP contribution >= 0.6 is 0 Å². The molecule has 2 rings (SSSR count). The van der Waals surface area contributed by atoms with Gasteiger partial charge < -0.3 is 20.3 Å². The summed E-state index contributed by atoms with van der Waals surface area (Å²) in [6.45, 7) is 2.12. The summed E-state index contributed by atoms with van der Waals surface area (Å²) in [7, 11) is -7.99. The van der Waals surface area contributed by atoms with Crippen LogP contribution in [0.5, 0.6) is 5.75 Å². The maximum absolute atomic E-state index is 13.3. The molecule has 12 heteroatoms. The van der Waals surface area contributed by atoms with Gasteiger partial charge in [0.2, 0.25) is 15.9 Å². The predicted molar refractivity (Wildman–Crippen MR) is 101 cm³/mol. The van der Waals surface area contributed by atoms with Crippen molar-refractivity contribution >= 4 is 31.5 Å². The number of sulfonamides is 1. The Bertz CT molecular complexity index is 930. The van der Waals surface area contributed by atoms with Crippen LogP contribution in [-0.4, -0.2) is 80.7 Å². The molecule has 1 fully saturated rings. The van der Waals surface area contributed by atoms with E-state index in [1.54, 1.807) is 6.92 Å². The number of hydrogen-bond acceptors (Lipinski definition) is 8. The molecule has 0 aliphatic carbocycles. The lowest BCUT2D eigenvalue weighted by Gasteiger charge is -2.29. The molecule has 1 aromatic carbocycles. The van der Waals surface area contributed by atoms with Crippen LogP contribution in [0.3, 0.4) is 0 Å². The van der Waals surface area contributed by atoms with Gasteiger partial charge in [0, 0.05) is 19.2 Å². The Hall–Kier alpha value is -1.73. The van der Waals surface area contributed by atoms with Gasteiger partial charge in [0.05, 0.1) is 36.9 Å². The molecule has 1 aromatic rings. The number of sulfone groups is 1. The lowest BCUT2D eigenvalue weighted by atomic mass is 10.2. The minimum absolute atomic E-state index is 0.00915. The van der Waals surface area contributed by atoms with Crippen molar-refractivity contribution in [1.82, 2.24) is 4.31 Å². The van der Waals surface area contributed by atoms with Crippen molar-refractivity contribution < 1.29 is 36.6 Å². The molecular weight excluding hydrogens is 412 g/mol. The van der Waals surface area contributed by atoms with E-state index in [0.29, 0.717) is 0 Å². The smallest absolute Gasteiger partial charge is 0.247 e. The SMILES string of the molecule is CCOc1ccc(NC(C)=O)cc1S(=O)(=O)N(CCO)C1CS(=O)(=O)CC1O. The third-order valence-electron chi connectivity index (χ3n) is 4.13. The molecule has 3 N–H and O–H groups in total. The zero-order chi connectivity index (χ0) is 21.1. The minimum atomic E-state index is -4.37. The Labute approximate surface area is 164 Å². The molecule has 1 saturated heterocycles. The Balaban J connectivity index is 2.56. The maximum Gasteiger partial charge on any atom is 0.247 e. The number of nitrogens with zero attached hydrogens (tertiary/aromatic N) is 1. The summed E-state index contributed by atoms with van der Waals surface area (Å²) in [4.78, 5) is 11.0. The molecule has 1 aliphatic heterocycles. The second kappa shape index (κ2) is 8.74. The van der Waals surface area contributed by atoms with E-state index in [0.717, 1.165) is 4.31 Å². The van der Waals surface area contributed by atoms with Gasteiger partial charge in [-0.05, 0) is 25.1 Å². The van der Waals surface area contributed by atoms with E-state index < -0.39 is 62.6 Å². The van der Waals surface area contributed by atoms with Gasteiger partial charge in [-0.3, -0.25) is 4.79 Å². The van der Waals surface area contributed by atoms with Gasteiger partial charge in [-0.15, -0.1) is 0 Å². The van der Waals surface area contributed by atoms with E-state index >= 15 is 0 Å². The zero-order valence-electron chi connectivity index (χ0n) is 15.5. The Morgan fingerprint density at radius 1 is 1.36 bits per heavy atom. The van der Waals surface area contributed by atoms with E-state index in [-0.39, 0.29) is 22.9 Å². The molecule has 158 valence electrons. The van der Waals surface area contributed by atoms with Crippen molar-refractivity contribution in [2.45, 2.75) is 30.9 Å². The van der Waals surface area contributed by atoms with Crippen LogP contribution in [0.1, 0.15) is 13.8 Å². The summed E-state index contributed by atoms with van der Waals surface area (Å²) in [5, 5.41) is 21.9. The Morgan fingerprint density at radius 2 is 2.04 bits per heavy atom. The van der Waals surface area contributed by atoms with Crippen LogP contribution < -0.4 is 10.1 Å². The number of hydrogen-bond donors (Lipinski definition) is 3. The average Bonchev–Trinajstić information content (AvgIpc) is 2.85. The highest BCUT2D eigenvalue weighted by molar-refractivity contribution is 7.92. The number of carbonyl (C=O) groups excluding carboxylic acids is 1. The number of aliphatic hydroxyl groups is 2. The lowest BCUT2D eigenvalue weighted by Crippen LogP contribution is -2.48. The van der Waals surface area contributed by atoms with Gasteiger partial charge >= 0.3 is 0 Å². The van der Waals surface area contributed by atoms with Gasteiger partial charge in [-0.1, -0.05) is 0 Å². The number of nitrogens with one attached hydrogen (secondary N) is 1. The molecule has 10 nitrogen and oxygen atoms in total. The monoisotopic (exact) mass is 436 g/mol. The third kappa shape index (κ3) is 5.00. The number of rotatable bonds is 8. The van der Waals surface area contributed by atoms with Crippen molar-refractivity contribution in [1.29, 1.82) is 0 Å². The number of benzene rings is 1. The van der Waals surface area contributed by atoms with Crippen molar-refractivity contribution in [3.8, 4) is 5.75 Å². The van der Waals surface area contributed by atoms with E-state index in [2.05, 4.69) is 5.32 Å². The molecule has 0 saturated carbocycles. The molecule has 0 spiro atoms. The van der Waals surface area contributed by atoms with Gasteiger partial charge in [0.1, 0.15) is 10.6 Å². The lowest BCUT2D eigenvalue weighted by molar-refractivity contribution is -0.114. The molecule has 1 heterocycles. The summed E-state index contributed by atoms with van der Waals surface area (Å²) in [5.74, 6) is -1.51. The maximum atomic E-state index is 13.3. The number of anilines is 1. The second-order valence-electron chi connectivity index (χ2n) is 6.33. The van der Waals surface area contributed by atoms with Gasteiger partial charge in [-0.2, -0.15) is 4.31 Å². The fourth-order valence-corrected chi connectivity index (χ4v) is 6.74. The summed E-state index contributed by atoms with van der Waals surface area (Å²) in [6, 6.07) is 2.81. The van der Waals surface area contributed by atoms with Crippen molar-refractivity contribution in [3.05, 3.63) is 18.2 Å². The first-order chi connectivity index (χ1) is 13.0. The van der Waals surface area contributed by atoms with Crippen LogP contribution in [0.4, 0.5) is 5.69 Å². The van der Waals surface area contributed by atoms with Crippen LogP contribution in [0, 0.1) is 0 Å². The first kappa shape index (κ1) is 22.6. The topological polar surface area (TPSA) is 150 Å². The number of ether oxygens (including phenoxy) is 1. The number of aliphatic hydroxyl groups excluding tert-OH is 2. The summed E-state index contributed by atoms with van der Waals surface area (Å²) >= 11 is 0. The van der Waals surface area contributed by atoms with Crippen LogP contribution in [0.2, 0.25) is 0 Å². The summed E-state index contributed by atoms with van der Waals surface area (Å²) in [5.41, 5.74) is 0.207. The van der Waals surface area contributed by atoms with Crippen LogP contribution in [-0.2, 0) is 24.7 Å². The fraction of sp³-hybridized carbons (Fsp3) is 0.562. The average molecular weight is 437 g/mol. The van der Waals surface area contributed by atoms with Gasteiger partial charge in [0.25, 0.3) is 0 Å². The predicted octanol–water partition coefficient (Wildman–Crippen LogP) is -0.815. The zero-order valence-corrected chi connectivity index (χ0v) is 17.2. The van der Waals surface area contributed by atoms with E-state index in [4.69, 9.17) is 4.74 Å². The first-order valence-corrected chi connectivity index (χ1v) is 11.8. The highest BCUT2D eigenvalue weighted by Gasteiger charge is 2.45. The summed E-state index contributed by atoms with van der Waals surface area (Å²) in [6.07, 6.45) is -1.42. The molecule has 0 aromatic heterocycles. The van der Waals surface area contributed by atoms with E-state index in [9.17, 15) is 31.8 Å². The van der Waals surface area contributed by atoms with Crippen molar-refractivity contribution in [2.75, 3.05) is 36.6 Å². The van der Waals surface area contributed by atoms with E-state index in [1.165, 1.54) is 25.1 Å². The highest BCUT2D eigenvalue weighted by Crippen LogP contribution is 2.33. The normalized spacial score (nSPS) is 21.6. The second-order valence-corrected chi connectivity index (χ2v) is 10.3. The van der Waals surface area contributed by atoms with Crippen molar-refractivity contribution in [2.24, 2.45) is 0 Å². The number of amides is 1. The summed E-state index contributed by atoms with van der Waals surface area (Å²) < 4.78 is 56.5. The largest absolute Gasteiger partial charge is 0.492 e. The molecule has 1 aliphatic rings. The van der Waals surface area contributed by atoms with Crippen LogP contribution in [0.15, 0.2) is 23.1 Å². The molecule has 28 heavy (non-hydrogen) atoms. The van der Waals surface area contributed by atoms with Gasteiger partial charge in [0.15, 0.2) is 9.84 Å². The highest BCUT2D eigenvalue weighted by atomic mass is 32.2. The fourth-order valence-electron chi connectivity index (χ4n) is 3.04. The quantitative estimate of drug-likeness (QED) is 0.478. The third-order valence-corrected chi connectivity index (χ3v) is 7.78. The minimum Gasteiger partial charge on any atom is -0.492 e. The molecule has 0 radical (unpaired) electrons. The number of carbonyl (C=O) groups is 1. The van der Waals surface area contributed by atoms with E-state index in [1.807, 2.05) is 0 Å². The molecule has 0 bridgehead atoms. The molecule has 1 amide bonds. The van der Waals surface area contributed by atoms with Crippen LogP contribution in [0.25, 0.3) is 0 Å². The molecular formula is C16H24N2O8S2. The molecule has 2 atom stereocenters. The first-order valence-electron chi connectivity index (χ1n) is 8.57. The Kier molecular flexibility index (Phi) is 7.04. The van der Waals surface area contributed by atoms with Gasteiger partial charge in [-0.25, -0.2) is 16.8 Å².